The predicted molar refractivity (Wildman–Crippen MR) is 225 cm³/mol. The van der Waals surface area contributed by atoms with E-state index in [9.17, 15) is 0 Å². The van der Waals surface area contributed by atoms with Crippen molar-refractivity contribution in [2.45, 2.75) is 0 Å². The number of aromatic nitrogens is 4. The Morgan fingerprint density at radius 2 is 0.768 bits per heavy atom. The van der Waals surface area contributed by atoms with E-state index in [1.165, 1.54) is 10.8 Å². The third kappa shape index (κ3) is 5.51. The first-order valence-electron chi connectivity index (χ1n) is 18.5. The van der Waals surface area contributed by atoms with E-state index in [1.54, 1.807) is 0 Å². The van der Waals surface area contributed by atoms with Crippen LogP contribution in [0.1, 0.15) is 0 Å². The highest BCUT2D eigenvalue weighted by Gasteiger charge is 2.17. The van der Waals surface area contributed by atoms with Crippen LogP contribution in [0.5, 0.6) is 0 Å². The van der Waals surface area contributed by atoms with E-state index < -0.39 is 0 Å². The molecule has 56 heavy (non-hydrogen) atoms. The van der Waals surface area contributed by atoms with E-state index in [-0.39, 0.29) is 0 Å². The van der Waals surface area contributed by atoms with E-state index in [1.807, 2.05) is 97.1 Å². The molecule has 262 valence electrons. The van der Waals surface area contributed by atoms with Gasteiger partial charge in [-0.15, -0.1) is 0 Å². The summed E-state index contributed by atoms with van der Waals surface area (Å²) < 4.78 is 12.5. The van der Waals surface area contributed by atoms with Crippen molar-refractivity contribution in [3.63, 3.8) is 0 Å². The van der Waals surface area contributed by atoms with E-state index in [0.717, 1.165) is 72.0 Å². The molecule has 3 heterocycles. The molecule has 6 nitrogen and oxygen atoms in total. The molecule has 6 heteroatoms. The fourth-order valence-electron chi connectivity index (χ4n) is 7.61. The Bertz CT molecular complexity index is 3170. The van der Waals surface area contributed by atoms with Crippen LogP contribution in [0.3, 0.4) is 0 Å². The molecule has 0 aliphatic rings. The number of furan rings is 1. The topological polar surface area (TPSA) is 77.8 Å². The first-order chi connectivity index (χ1) is 27.7. The van der Waals surface area contributed by atoms with Crippen molar-refractivity contribution in [1.82, 2.24) is 19.9 Å². The number of hydrogen-bond donors (Lipinski definition) is 0. The monoisotopic (exact) mass is 718 g/mol. The van der Waals surface area contributed by atoms with Gasteiger partial charge in [0.05, 0.1) is 0 Å². The SMILES string of the molecule is c1ccc(-c2nc(-c3ccccc3)nc(-c3ccc(-c4ccc(-c5ccc6oc7cc8oc(-c9ccccc9)nc8cc7c6c5)c5ccccc45)cc3)n2)cc1. The standard InChI is InChI=1S/C50H30N4O2/c1-4-12-32(13-5-1)47-52-48(33-14-6-2-7-15-33)54-49(53-47)34-22-20-31(21-23-34)37-25-26-38(40-19-11-10-18-39(37)40)36-24-27-44-41(28-36)42-29-43-46(30-45(42)55-44)56-50(51-43)35-16-8-3-9-17-35/h1-30H. The molecule has 0 saturated carbocycles. The number of fused-ring (bicyclic) bond motifs is 5. The molecular formula is C50H30N4O2. The van der Waals surface area contributed by atoms with Crippen LogP contribution in [-0.2, 0) is 0 Å². The van der Waals surface area contributed by atoms with Gasteiger partial charge in [0, 0.05) is 39.1 Å². The quantitative estimate of drug-likeness (QED) is 0.170. The lowest BCUT2D eigenvalue weighted by Crippen LogP contribution is -2.00. The van der Waals surface area contributed by atoms with Crippen LogP contribution in [0.15, 0.2) is 191 Å². The fraction of sp³-hybridized carbons (Fsp3) is 0. The first kappa shape index (κ1) is 31.8. The zero-order valence-corrected chi connectivity index (χ0v) is 29.9. The summed E-state index contributed by atoms with van der Waals surface area (Å²) in [4.78, 5) is 19.5. The number of hydrogen-bond acceptors (Lipinski definition) is 6. The van der Waals surface area contributed by atoms with Gasteiger partial charge in [-0.3, -0.25) is 0 Å². The van der Waals surface area contributed by atoms with Crippen molar-refractivity contribution in [3.8, 4) is 67.9 Å². The van der Waals surface area contributed by atoms with Gasteiger partial charge in [-0.2, -0.15) is 0 Å². The molecule has 8 aromatic carbocycles. The number of oxazole rings is 1. The molecule has 0 spiro atoms. The summed E-state index contributed by atoms with van der Waals surface area (Å²) in [6.07, 6.45) is 0. The van der Waals surface area contributed by atoms with Crippen molar-refractivity contribution >= 4 is 43.8 Å². The summed E-state index contributed by atoms with van der Waals surface area (Å²) in [5.74, 6) is 2.52. The number of benzene rings is 8. The lowest BCUT2D eigenvalue weighted by molar-refractivity contribution is 0.617. The Hall–Kier alpha value is -7.70. The van der Waals surface area contributed by atoms with Gasteiger partial charge in [0.1, 0.15) is 16.7 Å². The van der Waals surface area contributed by atoms with Crippen molar-refractivity contribution in [1.29, 1.82) is 0 Å². The zero-order valence-electron chi connectivity index (χ0n) is 29.9. The van der Waals surface area contributed by atoms with Gasteiger partial charge in [0.25, 0.3) is 0 Å². The largest absolute Gasteiger partial charge is 0.456 e. The van der Waals surface area contributed by atoms with Crippen molar-refractivity contribution < 1.29 is 8.83 Å². The highest BCUT2D eigenvalue weighted by Crippen LogP contribution is 2.40. The van der Waals surface area contributed by atoms with Crippen LogP contribution in [0.2, 0.25) is 0 Å². The minimum Gasteiger partial charge on any atom is -0.456 e. The number of nitrogens with zero attached hydrogens (tertiary/aromatic N) is 4. The van der Waals surface area contributed by atoms with Crippen LogP contribution in [-0.4, -0.2) is 19.9 Å². The Morgan fingerprint density at radius 3 is 1.38 bits per heavy atom. The molecule has 0 aliphatic carbocycles. The molecular weight excluding hydrogens is 689 g/mol. The highest BCUT2D eigenvalue weighted by atomic mass is 16.4. The van der Waals surface area contributed by atoms with Crippen LogP contribution < -0.4 is 0 Å². The summed E-state index contributed by atoms with van der Waals surface area (Å²) >= 11 is 0. The maximum absolute atomic E-state index is 6.33. The average molecular weight is 719 g/mol. The summed E-state index contributed by atoms with van der Waals surface area (Å²) in [5.41, 5.74) is 11.4. The summed E-state index contributed by atoms with van der Waals surface area (Å²) in [6.45, 7) is 0. The Kier molecular flexibility index (Phi) is 7.38. The van der Waals surface area contributed by atoms with Gasteiger partial charge in [0.2, 0.25) is 5.89 Å². The molecule has 0 fully saturated rings. The van der Waals surface area contributed by atoms with Crippen LogP contribution in [0, 0.1) is 0 Å². The van der Waals surface area contributed by atoms with Crippen LogP contribution in [0.4, 0.5) is 0 Å². The average Bonchev–Trinajstić information content (AvgIpc) is 3.86. The van der Waals surface area contributed by atoms with Crippen molar-refractivity contribution in [2.24, 2.45) is 0 Å². The Balaban J connectivity index is 0.966. The molecule has 11 aromatic rings. The minimum absolute atomic E-state index is 0.597. The molecule has 0 bridgehead atoms. The van der Waals surface area contributed by atoms with Crippen LogP contribution >= 0.6 is 0 Å². The van der Waals surface area contributed by atoms with Gasteiger partial charge >= 0.3 is 0 Å². The molecule has 0 unspecified atom stereocenters. The second kappa shape index (κ2) is 13.0. The molecule has 0 saturated heterocycles. The summed E-state index contributed by atoms with van der Waals surface area (Å²) in [7, 11) is 0. The normalized spacial score (nSPS) is 11.6. The minimum atomic E-state index is 0.597. The number of rotatable bonds is 6. The van der Waals surface area contributed by atoms with E-state index in [0.29, 0.717) is 28.9 Å². The van der Waals surface area contributed by atoms with Gasteiger partial charge in [-0.25, -0.2) is 19.9 Å². The molecule has 3 aromatic heterocycles. The molecule has 11 rings (SSSR count). The molecule has 0 atom stereocenters. The Labute approximate surface area is 321 Å². The molecule has 0 N–H and O–H groups in total. The summed E-state index contributed by atoms with van der Waals surface area (Å²) in [5, 5.41) is 4.39. The maximum atomic E-state index is 6.33. The first-order valence-corrected chi connectivity index (χ1v) is 18.5. The zero-order chi connectivity index (χ0) is 37.0. The highest BCUT2D eigenvalue weighted by molar-refractivity contribution is 6.11. The predicted octanol–water partition coefficient (Wildman–Crippen LogP) is 13.1. The smallest absolute Gasteiger partial charge is 0.227 e. The lowest BCUT2D eigenvalue weighted by atomic mass is 9.91. The third-order valence-corrected chi connectivity index (χ3v) is 10.4. The van der Waals surface area contributed by atoms with E-state index in [2.05, 4.69) is 84.9 Å². The lowest BCUT2D eigenvalue weighted by Gasteiger charge is -2.13. The maximum Gasteiger partial charge on any atom is 0.227 e. The van der Waals surface area contributed by atoms with Gasteiger partial charge in [-0.05, 0) is 63.4 Å². The third-order valence-electron chi connectivity index (χ3n) is 10.4. The van der Waals surface area contributed by atoms with Crippen molar-refractivity contribution in [2.75, 3.05) is 0 Å². The van der Waals surface area contributed by atoms with E-state index >= 15 is 0 Å². The molecule has 0 radical (unpaired) electrons. The van der Waals surface area contributed by atoms with Gasteiger partial charge < -0.3 is 8.83 Å². The fourth-order valence-corrected chi connectivity index (χ4v) is 7.61. The van der Waals surface area contributed by atoms with E-state index in [4.69, 9.17) is 28.8 Å². The van der Waals surface area contributed by atoms with Gasteiger partial charge in [-0.1, -0.05) is 146 Å². The molecule has 0 aliphatic heterocycles. The van der Waals surface area contributed by atoms with Crippen LogP contribution in [0.25, 0.3) is 112 Å². The second-order valence-electron chi connectivity index (χ2n) is 13.8. The Morgan fingerprint density at radius 1 is 0.286 bits per heavy atom. The summed E-state index contributed by atoms with van der Waals surface area (Å²) in [6, 6.07) is 62.1. The second-order valence-corrected chi connectivity index (χ2v) is 13.8. The van der Waals surface area contributed by atoms with Crippen molar-refractivity contribution in [3.05, 3.63) is 182 Å². The molecule has 0 amide bonds. The van der Waals surface area contributed by atoms with Gasteiger partial charge in [0.15, 0.2) is 23.1 Å².